The Morgan fingerprint density at radius 1 is 0.783 bits per heavy atom. The summed E-state index contributed by atoms with van der Waals surface area (Å²) >= 11 is 0. The largest absolute Gasteiger partial charge is 0.497 e. The molecular formula is C38H52O7Si. The van der Waals surface area contributed by atoms with Crippen LogP contribution in [-0.4, -0.2) is 71.1 Å². The second-order valence-electron chi connectivity index (χ2n) is 12.4. The van der Waals surface area contributed by atoms with Gasteiger partial charge in [0, 0.05) is 20.3 Å². The van der Waals surface area contributed by atoms with Crippen LogP contribution in [0.3, 0.4) is 0 Å². The van der Waals surface area contributed by atoms with Crippen LogP contribution in [0.15, 0.2) is 84.9 Å². The molecule has 0 unspecified atom stereocenters. The molecule has 3 atom stereocenters. The third-order valence-electron chi connectivity index (χ3n) is 7.94. The predicted molar refractivity (Wildman–Crippen MR) is 186 cm³/mol. The number of aliphatic hydroxyl groups is 2. The van der Waals surface area contributed by atoms with Gasteiger partial charge in [-0.1, -0.05) is 105 Å². The van der Waals surface area contributed by atoms with E-state index in [1.165, 1.54) is 0 Å². The van der Waals surface area contributed by atoms with Crippen LogP contribution in [0.4, 0.5) is 0 Å². The fourth-order valence-electron chi connectivity index (χ4n) is 5.55. The zero-order chi connectivity index (χ0) is 33.3. The van der Waals surface area contributed by atoms with Gasteiger partial charge in [0.2, 0.25) is 0 Å². The fourth-order valence-corrected chi connectivity index (χ4v) is 10.2. The molecule has 8 heteroatoms. The summed E-state index contributed by atoms with van der Waals surface area (Å²) in [4.78, 5) is 0. The van der Waals surface area contributed by atoms with Crippen LogP contribution in [0.25, 0.3) is 0 Å². The summed E-state index contributed by atoms with van der Waals surface area (Å²) in [5.41, 5.74) is 1.09. The molecule has 0 aliphatic carbocycles. The summed E-state index contributed by atoms with van der Waals surface area (Å²) in [6, 6.07) is 28.6. The van der Waals surface area contributed by atoms with Crippen molar-refractivity contribution in [3.63, 3.8) is 0 Å². The van der Waals surface area contributed by atoms with Crippen molar-refractivity contribution in [1.82, 2.24) is 0 Å². The minimum Gasteiger partial charge on any atom is -0.497 e. The van der Waals surface area contributed by atoms with Crippen molar-refractivity contribution in [2.75, 3.05) is 34.2 Å². The molecule has 0 saturated heterocycles. The van der Waals surface area contributed by atoms with E-state index in [0.717, 1.165) is 34.5 Å². The third kappa shape index (κ3) is 11.1. The average molecular weight is 649 g/mol. The molecule has 250 valence electrons. The second kappa shape index (κ2) is 19.6. The Hall–Kier alpha value is -3.00. The topological polar surface area (TPSA) is 86.6 Å². The first-order valence-electron chi connectivity index (χ1n) is 16.1. The quantitative estimate of drug-likeness (QED) is 0.0774. The molecule has 0 aliphatic heterocycles. The standard InChI is InChI=1S/C38H52O7Si/c1-38(2,3)46(34-16-8-6-9-17-34,35-18-10-7-11-19-35)45-37(36(20-14-27-39)44-30-41-4)26-23-32(40)15-12-13-28-43-29-31-21-24-33(42-5)25-22-31/h6-11,16-19,21-22,24-25,32,36-37,39-40H,12-15,20,27-30H2,1-5H3/t32-,36-,37-/m1/s1. The van der Waals surface area contributed by atoms with E-state index in [2.05, 4.69) is 56.9 Å². The lowest BCUT2D eigenvalue weighted by molar-refractivity contribution is -0.101. The smallest absolute Gasteiger partial charge is 0.262 e. The van der Waals surface area contributed by atoms with E-state index in [1.54, 1.807) is 14.2 Å². The number of aliphatic hydroxyl groups excluding tert-OH is 2. The Kier molecular flexibility index (Phi) is 16.0. The zero-order valence-electron chi connectivity index (χ0n) is 28.1. The van der Waals surface area contributed by atoms with Crippen LogP contribution in [0.1, 0.15) is 58.4 Å². The van der Waals surface area contributed by atoms with Gasteiger partial charge >= 0.3 is 0 Å². The van der Waals surface area contributed by atoms with Gasteiger partial charge in [-0.05, 0) is 65.2 Å². The van der Waals surface area contributed by atoms with Crippen LogP contribution < -0.4 is 15.1 Å². The summed E-state index contributed by atoms with van der Waals surface area (Å²) in [6.07, 6.45) is 1.18. The highest BCUT2D eigenvalue weighted by Crippen LogP contribution is 2.38. The van der Waals surface area contributed by atoms with Crippen LogP contribution in [0.5, 0.6) is 5.75 Å². The van der Waals surface area contributed by atoms with Crippen molar-refractivity contribution in [3.8, 4) is 17.6 Å². The minimum atomic E-state index is -2.99. The molecule has 0 aromatic heterocycles. The fraction of sp³-hybridized carbons (Fsp3) is 0.474. The lowest BCUT2D eigenvalue weighted by Crippen LogP contribution is -2.68. The second-order valence-corrected chi connectivity index (χ2v) is 16.6. The third-order valence-corrected chi connectivity index (χ3v) is 13.0. The molecular weight excluding hydrogens is 596 g/mol. The van der Waals surface area contributed by atoms with Gasteiger partial charge in [-0.25, -0.2) is 0 Å². The number of ether oxygens (including phenoxy) is 4. The van der Waals surface area contributed by atoms with Gasteiger partial charge in [0.1, 0.15) is 24.8 Å². The summed E-state index contributed by atoms with van der Waals surface area (Å²) in [6.45, 7) is 7.87. The van der Waals surface area contributed by atoms with E-state index in [-0.39, 0.29) is 18.4 Å². The van der Waals surface area contributed by atoms with E-state index >= 15 is 0 Å². The van der Waals surface area contributed by atoms with E-state index < -0.39 is 26.6 Å². The molecule has 7 nitrogen and oxygen atoms in total. The number of methoxy groups -OCH3 is 2. The Morgan fingerprint density at radius 2 is 1.41 bits per heavy atom. The predicted octanol–water partition coefficient (Wildman–Crippen LogP) is 5.45. The van der Waals surface area contributed by atoms with Crippen molar-refractivity contribution in [1.29, 1.82) is 0 Å². The van der Waals surface area contributed by atoms with E-state index in [9.17, 15) is 10.2 Å². The molecule has 3 aromatic carbocycles. The molecule has 3 aromatic rings. The Morgan fingerprint density at radius 3 is 1.96 bits per heavy atom. The SMILES string of the molecule is COCO[C@H](CCCO)[C@@H](C#C[C@H](O)CCCCOCc1ccc(OC)cc1)O[Si](c1ccccc1)(c1ccccc1)C(C)(C)C. The molecule has 2 N–H and O–H groups in total. The molecule has 0 saturated carbocycles. The van der Waals surface area contributed by atoms with Crippen LogP contribution in [0, 0.1) is 11.8 Å². The Bertz CT molecular complexity index is 1250. The lowest BCUT2D eigenvalue weighted by atomic mass is 10.1. The number of unbranched alkanes of at least 4 members (excludes halogenated alkanes) is 1. The lowest BCUT2D eigenvalue weighted by Gasteiger charge is -2.45. The van der Waals surface area contributed by atoms with Gasteiger partial charge in [-0.3, -0.25) is 0 Å². The molecule has 3 rings (SSSR count). The van der Waals surface area contributed by atoms with E-state index in [4.69, 9.17) is 23.4 Å². The van der Waals surface area contributed by atoms with Crippen LogP contribution in [0.2, 0.25) is 5.04 Å². The number of benzene rings is 3. The first-order chi connectivity index (χ1) is 22.2. The normalized spacial score (nSPS) is 13.8. The van der Waals surface area contributed by atoms with Crippen LogP contribution >= 0.6 is 0 Å². The molecule has 0 bridgehead atoms. The van der Waals surface area contributed by atoms with Gasteiger partial charge in [0.15, 0.2) is 0 Å². The minimum absolute atomic E-state index is 0.0232. The van der Waals surface area contributed by atoms with Crippen molar-refractivity contribution in [3.05, 3.63) is 90.5 Å². The first-order valence-corrected chi connectivity index (χ1v) is 18.1. The highest BCUT2D eigenvalue weighted by Gasteiger charge is 2.52. The summed E-state index contributed by atoms with van der Waals surface area (Å²) in [5, 5.41) is 22.6. The summed E-state index contributed by atoms with van der Waals surface area (Å²) in [7, 11) is 0.242. The van der Waals surface area contributed by atoms with Crippen molar-refractivity contribution in [2.45, 2.75) is 82.8 Å². The maximum atomic E-state index is 10.9. The van der Waals surface area contributed by atoms with Crippen molar-refractivity contribution in [2.24, 2.45) is 0 Å². The Labute approximate surface area is 277 Å². The van der Waals surface area contributed by atoms with Gasteiger partial charge < -0.3 is 33.6 Å². The maximum Gasteiger partial charge on any atom is 0.262 e. The van der Waals surface area contributed by atoms with E-state index in [1.807, 2.05) is 60.7 Å². The van der Waals surface area contributed by atoms with E-state index in [0.29, 0.717) is 32.5 Å². The maximum absolute atomic E-state index is 10.9. The Balaban J connectivity index is 1.81. The average Bonchev–Trinajstić information content (AvgIpc) is 3.07. The number of hydrogen-bond acceptors (Lipinski definition) is 7. The van der Waals surface area contributed by atoms with Gasteiger partial charge in [-0.2, -0.15) is 0 Å². The zero-order valence-corrected chi connectivity index (χ0v) is 29.1. The molecule has 0 radical (unpaired) electrons. The molecule has 0 fully saturated rings. The molecule has 0 heterocycles. The summed E-state index contributed by atoms with van der Waals surface area (Å²) in [5.74, 6) is 7.21. The highest BCUT2D eigenvalue weighted by molar-refractivity contribution is 6.99. The van der Waals surface area contributed by atoms with Gasteiger partial charge in [0.05, 0.1) is 19.8 Å². The monoisotopic (exact) mass is 648 g/mol. The number of hydrogen-bond donors (Lipinski definition) is 2. The molecule has 0 amide bonds. The van der Waals surface area contributed by atoms with Gasteiger partial charge in [-0.15, -0.1) is 0 Å². The van der Waals surface area contributed by atoms with Gasteiger partial charge in [0.25, 0.3) is 8.32 Å². The molecule has 0 spiro atoms. The highest BCUT2D eigenvalue weighted by atomic mass is 28.4. The van der Waals surface area contributed by atoms with Crippen LogP contribution in [-0.2, 0) is 25.2 Å². The molecule has 46 heavy (non-hydrogen) atoms. The number of rotatable bonds is 19. The van der Waals surface area contributed by atoms with Crippen molar-refractivity contribution >= 4 is 18.7 Å². The molecule has 0 aliphatic rings. The first kappa shape index (κ1) is 37.5. The van der Waals surface area contributed by atoms with Crippen molar-refractivity contribution < 1.29 is 33.6 Å². The summed E-state index contributed by atoms with van der Waals surface area (Å²) < 4.78 is 29.8.